The Bertz CT molecular complexity index is 185. The predicted molar refractivity (Wildman–Crippen MR) is 35.7 cm³/mol. The second-order valence-electron chi connectivity index (χ2n) is 2.42. The molecule has 0 aromatic carbocycles. The summed E-state index contributed by atoms with van der Waals surface area (Å²) in [6.07, 6.45) is 4.68. The summed E-state index contributed by atoms with van der Waals surface area (Å²) in [5, 5.41) is 0. The summed E-state index contributed by atoms with van der Waals surface area (Å²) in [7, 11) is 0. The first-order valence-electron chi connectivity index (χ1n) is 3.33. The number of allylic oxidation sites excluding steroid dienone is 4. The fourth-order valence-corrected chi connectivity index (χ4v) is 1.59. The summed E-state index contributed by atoms with van der Waals surface area (Å²) < 4.78 is 1.46. The molecule has 69 valence electrons. The first kappa shape index (κ1) is 18.7. The van der Waals surface area contributed by atoms with Crippen molar-refractivity contribution in [2.24, 2.45) is 0 Å². The minimum atomic E-state index is 0. The summed E-state index contributed by atoms with van der Waals surface area (Å²) >= 11 is 2.66. The number of hydrogen-bond acceptors (Lipinski definition) is 0. The van der Waals surface area contributed by atoms with E-state index in [0.29, 0.717) is 0 Å². The van der Waals surface area contributed by atoms with Crippen LogP contribution in [0.15, 0.2) is 21.5 Å². The van der Waals surface area contributed by atoms with Crippen molar-refractivity contribution in [3.05, 3.63) is 21.5 Å². The van der Waals surface area contributed by atoms with Gasteiger partial charge in [0.05, 0.1) is 0 Å². The molecule has 0 spiro atoms. The Hall–Kier alpha value is 0.934. The van der Waals surface area contributed by atoms with Crippen LogP contribution >= 0.6 is 0 Å². The molecule has 0 nitrogen and oxygen atoms in total. The van der Waals surface area contributed by atoms with Crippen LogP contribution in [0.2, 0.25) is 0 Å². The number of rotatable bonds is 1. The molecular formula is C8H11Cl3V. The molecule has 1 aliphatic carbocycles. The zero-order valence-electron chi connectivity index (χ0n) is 7.07. The maximum absolute atomic E-state index is 2.66. The molecule has 0 aliphatic heterocycles. The molecule has 0 aromatic heterocycles. The molecule has 0 amide bonds. The molecule has 12 heavy (non-hydrogen) atoms. The molecule has 0 aromatic rings. The first-order chi connectivity index (χ1) is 4.25. The Morgan fingerprint density at radius 3 is 2.00 bits per heavy atom. The van der Waals surface area contributed by atoms with E-state index in [4.69, 9.17) is 0 Å². The average Bonchev–Trinajstić information content (AvgIpc) is 2.15. The maximum Gasteiger partial charge on any atom is -1.00 e. The molecule has 1 rings (SSSR count). The SMILES string of the molecule is CCC1=CCC(C)=[C]1[V+3].[Cl-].[Cl-].[Cl-]. The minimum absolute atomic E-state index is 0. The Morgan fingerprint density at radius 2 is 1.83 bits per heavy atom. The van der Waals surface area contributed by atoms with Crippen LogP contribution in [0.5, 0.6) is 0 Å². The zero-order chi connectivity index (χ0) is 6.85. The Morgan fingerprint density at radius 1 is 1.33 bits per heavy atom. The summed E-state index contributed by atoms with van der Waals surface area (Å²) in [5.74, 6) is 0. The average molecular weight is 264 g/mol. The van der Waals surface area contributed by atoms with Gasteiger partial charge in [0.15, 0.2) is 0 Å². The third-order valence-electron chi connectivity index (χ3n) is 1.74. The van der Waals surface area contributed by atoms with Crippen LogP contribution < -0.4 is 37.2 Å². The van der Waals surface area contributed by atoms with Gasteiger partial charge in [0.2, 0.25) is 0 Å². The number of halogens is 3. The molecule has 0 radical (unpaired) electrons. The van der Waals surface area contributed by atoms with Crippen LogP contribution in [-0.4, -0.2) is 0 Å². The van der Waals surface area contributed by atoms with E-state index in [1.165, 1.54) is 28.3 Å². The fourth-order valence-electron chi connectivity index (χ4n) is 1.06. The van der Waals surface area contributed by atoms with Crippen LogP contribution in [0.1, 0.15) is 26.7 Å². The summed E-state index contributed by atoms with van der Waals surface area (Å²) in [6, 6.07) is 0. The smallest absolute Gasteiger partial charge is 1.00 e. The van der Waals surface area contributed by atoms with E-state index in [9.17, 15) is 0 Å². The zero-order valence-corrected chi connectivity index (χ0v) is 10.7. The van der Waals surface area contributed by atoms with E-state index in [2.05, 4.69) is 37.3 Å². The molecule has 4 heteroatoms. The van der Waals surface area contributed by atoms with Crippen molar-refractivity contribution in [2.45, 2.75) is 26.7 Å². The first-order valence-corrected chi connectivity index (χ1v) is 4.03. The second kappa shape index (κ2) is 8.53. The van der Waals surface area contributed by atoms with Crippen molar-refractivity contribution in [1.29, 1.82) is 0 Å². The molecule has 0 heterocycles. The van der Waals surface area contributed by atoms with Crippen molar-refractivity contribution in [1.82, 2.24) is 0 Å². The van der Waals surface area contributed by atoms with E-state index in [1.807, 2.05) is 0 Å². The van der Waals surface area contributed by atoms with E-state index in [0.717, 1.165) is 0 Å². The minimum Gasteiger partial charge on any atom is -1.00 e. The van der Waals surface area contributed by atoms with Gasteiger partial charge >= 0.3 is 65.6 Å². The quantitative estimate of drug-likeness (QED) is 0.442. The van der Waals surface area contributed by atoms with E-state index >= 15 is 0 Å². The summed E-state index contributed by atoms with van der Waals surface area (Å²) in [5.41, 5.74) is 3.04. The van der Waals surface area contributed by atoms with Crippen molar-refractivity contribution in [3.8, 4) is 0 Å². The fraction of sp³-hybridized carbons (Fsp3) is 0.500. The molecule has 0 saturated heterocycles. The van der Waals surface area contributed by atoms with Crippen molar-refractivity contribution < 1.29 is 54.6 Å². The largest absolute Gasteiger partial charge is 1.00 e. The van der Waals surface area contributed by atoms with Crippen LogP contribution in [0, 0.1) is 0 Å². The molecule has 0 N–H and O–H groups in total. The molecule has 0 bridgehead atoms. The maximum atomic E-state index is 2.66. The van der Waals surface area contributed by atoms with Gasteiger partial charge in [-0.3, -0.25) is 0 Å². The van der Waals surface area contributed by atoms with Crippen LogP contribution in [0.3, 0.4) is 0 Å². The van der Waals surface area contributed by atoms with Gasteiger partial charge in [-0.1, -0.05) is 0 Å². The van der Waals surface area contributed by atoms with E-state index in [-0.39, 0.29) is 37.2 Å². The van der Waals surface area contributed by atoms with Crippen LogP contribution in [0.4, 0.5) is 0 Å². The van der Waals surface area contributed by atoms with Gasteiger partial charge in [0.25, 0.3) is 0 Å². The van der Waals surface area contributed by atoms with Crippen LogP contribution in [-0.2, 0) is 17.4 Å². The normalized spacial score (nSPS) is 14.2. The third-order valence-corrected chi connectivity index (χ3v) is 2.79. The predicted octanol–water partition coefficient (Wildman–Crippen LogP) is -6.44. The van der Waals surface area contributed by atoms with Gasteiger partial charge in [-0.2, -0.15) is 0 Å². The van der Waals surface area contributed by atoms with Crippen LogP contribution in [0.25, 0.3) is 0 Å². The van der Waals surface area contributed by atoms with E-state index < -0.39 is 0 Å². The second-order valence-corrected chi connectivity index (χ2v) is 3.11. The summed E-state index contributed by atoms with van der Waals surface area (Å²) in [6.45, 7) is 4.41. The van der Waals surface area contributed by atoms with Crippen molar-refractivity contribution in [3.63, 3.8) is 0 Å². The monoisotopic (exact) mass is 263 g/mol. The molecule has 0 fully saturated rings. The molecule has 1 aliphatic rings. The van der Waals surface area contributed by atoms with Gasteiger partial charge in [-0.05, 0) is 0 Å². The van der Waals surface area contributed by atoms with Gasteiger partial charge in [-0.15, -0.1) is 0 Å². The van der Waals surface area contributed by atoms with Crippen molar-refractivity contribution >= 4 is 0 Å². The molecular weight excluding hydrogens is 253 g/mol. The van der Waals surface area contributed by atoms with E-state index in [1.54, 1.807) is 0 Å². The van der Waals surface area contributed by atoms with Gasteiger partial charge in [0, 0.05) is 0 Å². The Kier molecular flexibility index (Phi) is 13.3. The Labute approximate surface area is 102 Å². The topological polar surface area (TPSA) is 0 Å². The van der Waals surface area contributed by atoms with Gasteiger partial charge in [-0.25, -0.2) is 0 Å². The van der Waals surface area contributed by atoms with Gasteiger partial charge < -0.3 is 37.2 Å². The third kappa shape index (κ3) is 4.25. The van der Waals surface area contributed by atoms with Gasteiger partial charge in [0.1, 0.15) is 0 Å². The molecule has 0 atom stereocenters. The summed E-state index contributed by atoms with van der Waals surface area (Å²) in [4.78, 5) is 0. The van der Waals surface area contributed by atoms with Crippen molar-refractivity contribution in [2.75, 3.05) is 0 Å². The molecule has 0 saturated carbocycles. The molecule has 0 unspecified atom stereocenters. The Balaban J connectivity index is -0.000000270. The number of hydrogen-bond donors (Lipinski definition) is 0. The standard InChI is InChI=1S/C8H11.3ClH.V/c1-3-8-5-4-7(2)6-8;;;;/h5H,3-4H2,1-2H3;3*1H;/q;;;;+3/p-3.